The van der Waals surface area contributed by atoms with E-state index in [9.17, 15) is 0 Å². The van der Waals surface area contributed by atoms with E-state index in [1.807, 2.05) is 0 Å². The monoisotopic (exact) mass is 466 g/mol. The van der Waals surface area contributed by atoms with Crippen LogP contribution in [0, 0.1) is 0 Å². The van der Waals surface area contributed by atoms with Gasteiger partial charge in [0.15, 0.2) is 0 Å². The van der Waals surface area contributed by atoms with Gasteiger partial charge in [-0.25, -0.2) is 0 Å². The van der Waals surface area contributed by atoms with Gasteiger partial charge < -0.3 is 9.80 Å². The van der Waals surface area contributed by atoms with Gasteiger partial charge in [0.05, 0.1) is 17.9 Å². The van der Waals surface area contributed by atoms with Crippen LogP contribution in [0.1, 0.15) is 44.7 Å². The fourth-order valence-electron chi connectivity index (χ4n) is 4.78. The Balaban J connectivity index is 1.59. The van der Waals surface area contributed by atoms with Crippen LogP contribution in [0.5, 0.6) is 0 Å². The number of rotatable bonds is 10. The Morgan fingerprint density at radius 2 is 1.26 bits per heavy atom. The van der Waals surface area contributed by atoms with Crippen molar-refractivity contribution in [3.05, 3.63) is 96.1 Å². The first-order chi connectivity index (χ1) is 17.2. The summed E-state index contributed by atoms with van der Waals surface area (Å²) < 4.78 is 0. The number of benzene rings is 3. The van der Waals surface area contributed by atoms with E-state index >= 15 is 0 Å². The van der Waals surface area contributed by atoms with Crippen LogP contribution in [0.4, 0.5) is 17.1 Å². The first kappa shape index (κ1) is 24.6. The molecule has 1 aliphatic heterocycles. The molecule has 182 valence electrons. The number of hydrogen-bond donors (Lipinski definition) is 0. The van der Waals surface area contributed by atoms with E-state index in [0.717, 1.165) is 44.1 Å². The largest absolute Gasteiger partial charge is 0.372 e. The maximum atomic E-state index is 5.04. The lowest BCUT2D eigenvalue weighted by atomic mass is 9.93. The third-order valence-corrected chi connectivity index (χ3v) is 6.90. The lowest BCUT2D eigenvalue weighted by molar-refractivity contribution is 0.846. The zero-order valence-corrected chi connectivity index (χ0v) is 21.6. The molecule has 3 aromatic rings. The van der Waals surface area contributed by atoms with Crippen LogP contribution in [0.2, 0.25) is 0 Å². The van der Waals surface area contributed by atoms with Crippen LogP contribution in [-0.4, -0.2) is 38.4 Å². The van der Waals surface area contributed by atoms with Gasteiger partial charge >= 0.3 is 0 Å². The number of allylic oxidation sites excluding steroid dienone is 1. The van der Waals surface area contributed by atoms with Crippen molar-refractivity contribution < 1.29 is 0 Å². The van der Waals surface area contributed by atoms with E-state index in [0.29, 0.717) is 0 Å². The Labute approximate surface area is 211 Å². The van der Waals surface area contributed by atoms with Crippen molar-refractivity contribution in [2.24, 2.45) is 5.10 Å². The van der Waals surface area contributed by atoms with Crippen molar-refractivity contribution in [1.82, 2.24) is 0 Å². The average Bonchev–Trinajstić information content (AvgIpc) is 3.35. The molecule has 0 fully saturated rings. The molecule has 0 saturated heterocycles. The summed E-state index contributed by atoms with van der Waals surface area (Å²) in [5.41, 5.74) is 7.27. The van der Waals surface area contributed by atoms with Crippen LogP contribution in [0.25, 0.3) is 6.08 Å². The molecule has 1 atom stereocenters. The van der Waals surface area contributed by atoms with Crippen molar-refractivity contribution in [3.8, 4) is 0 Å². The molecule has 0 N–H and O–H groups in total. The molecule has 0 aliphatic carbocycles. The fourth-order valence-corrected chi connectivity index (χ4v) is 4.78. The SMILES string of the molecule is CCN(CC)c1ccc(C=CC2=NN(c3ccccc3)C[C@@H]2c2ccc(N(CC)CC)cc2)cc1. The number of hydrazone groups is 1. The van der Waals surface area contributed by atoms with E-state index < -0.39 is 0 Å². The highest BCUT2D eigenvalue weighted by atomic mass is 15.5. The van der Waals surface area contributed by atoms with E-state index in [2.05, 4.69) is 134 Å². The summed E-state index contributed by atoms with van der Waals surface area (Å²) in [4.78, 5) is 4.75. The number of para-hydroxylation sites is 1. The summed E-state index contributed by atoms with van der Waals surface area (Å²) in [6, 6.07) is 28.3. The molecule has 0 bridgehead atoms. The molecule has 1 heterocycles. The molecular formula is C31H38N4. The quantitative estimate of drug-likeness (QED) is 0.319. The molecule has 0 spiro atoms. The first-order valence-electron chi connectivity index (χ1n) is 13.0. The zero-order valence-electron chi connectivity index (χ0n) is 21.6. The molecule has 0 unspecified atom stereocenters. The third kappa shape index (κ3) is 5.76. The molecule has 35 heavy (non-hydrogen) atoms. The minimum absolute atomic E-state index is 0.229. The minimum atomic E-state index is 0.229. The summed E-state index contributed by atoms with van der Waals surface area (Å²) >= 11 is 0. The molecule has 0 aromatic heterocycles. The summed E-state index contributed by atoms with van der Waals surface area (Å²) in [7, 11) is 0. The summed E-state index contributed by atoms with van der Waals surface area (Å²) in [5.74, 6) is 0.229. The normalized spacial score (nSPS) is 15.5. The fraction of sp³-hybridized carbons (Fsp3) is 0.323. The van der Waals surface area contributed by atoms with Gasteiger partial charge in [-0.05, 0) is 81.3 Å². The third-order valence-electron chi connectivity index (χ3n) is 6.90. The Bertz CT molecular complexity index is 1110. The second-order valence-electron chi connectivity index (χ2n) is 8.86. The smallest absolute Gasteiger partial charge is 0.0703 e. The second kappa shape index (κ2) is 11.7. The molecule has 4 heteroatoms. The Morgan fingerprint density at radius 3 is 1.80 bits per heavy atom. The van der Waals surface area contributed by atoms with Gasteiger partial charge in [-0.3, -0.25) is 5.01 Å². The molecule has 0 radical (unpaired) electrons. The highest BCUT2D eigenvalue weighted by molar-refractivity contribution is 6.05. The van der Waals surface area contributed by atoms with Crippen molar-refractivity contribution >= 4 is 28.8 Å². The second-order valence-corrected chi connectivity index (χ2v) is 8.86. The van der Waals surface area contributed by atoms with Crippen LogP contribution >= 0.6 is 0 Å². The van der Waals surface area contributed by atoms with E-state index in [4.69, 9.17) is 5.10 Å². The van der Waals surface area contributed by atoms with E-state index in [1.165, 1.54) is 22.5 Å². The predicted octanol–water partition coefficient (Wildman–Crippen LogP) is 7.05. The number of hydrogen-bond acceptors (Lipinski definition) is 4. The van der Waals surface area contributed by atoms with Gasteiger partial charge in [-0.1, -0.05) is 48.5 Å². The maximum absolute atomic E-state index is 5.04. The van der Waals surface area contributed by atoms with Gasteiger partial charge in [-0.15, -0.1) is 0 Å². The van der Waals surface area contributed by atoms with E-state index in [-0.39, 0.29) is 5.92 Å². The zero-order chi connectivity index (χ0) is 24.6. The highest BCUT2D eigenvalue weighted by Gasteiger charge is 2.27. The van der Waals surface area contributed by atoms with E-state index in [1.54, 1.807) is 0 Å². The van der Waals surface area contributed by atoms with Gasteiger partial charge in [0.2, 0.25) is 0 Å². The van der Waals surface area contributed by atoms with Crippen LogP contribution in [0.15, 0.2) is 90.0 Å². The molecular weight excluding hydrogens is 428 g/mol. The van der Waals surface area contributed by atoms with Gasteiger partial charge in [0.25, 0.3) is 0 Å². The molecule has 0 saturated carbocycles. The van der Waals surface area contributed by atoms with Gasteiger partial charge in [-0.2, -0.15) is 5.10 Å². The van der Waals surface area contributed by atoms with Gasteiger partial charge in [0, 0.05) is 43.5 Å². The Hall–Kier alpha value is -3.53. The molecule has 0 amide bonds. The standard InChI is InChI=1S/C31H38N4/c1-5-33(6-2)27-19-14-25(15-20-27)16-23-31-30(24-35(32-31)29-12-10-9-11-13-29)26-17-21-28(22-18-26)34(7-3)8-4/h9-23,30H,5-8,24H2,1-4H3/t30-/m1/s1. The molecule has 1 aliphatic rings. The van der Waals surface area contributed by atoms with Crippen molar-refractivity contribution in [1.29, 1.82) is 0 Å². The average molecular weight is 467 g/mol. The maximum Gasteiger partial charge on any atom is 0.0703 e. The highest BCUT2D eigenvalue weighted by Crippen LogP contribution is 2.31. The Morgan fingerprint density at radius 1 is 0.714 bits per heavy atom. The van der Waals surface area contributed by atoms with Crippen LogP contribution in [-0.2, 0) is 0 Å². The van der Waals surface area contributed by atoms with Crippen molar-refractivity contribution in [3.63, 3.8) is 0 Å². The van der Waals surface area contributed by atoms with Crippen LogP contribution in [0.3, 0.4) is 0 Å². The Kier molecular flexibility index (Phi) is 8.25. The van der Waals surface area contributed by atoms with Crippen molar-refractivity contribution in [2.75, 3.05) is 47.5 Å². The lowest BCUT2D eigenvalue weighted by Crippen LogP contribution is -2.22. The summed E-state index contributed by atoms with van der Waals surface area (Å²) in [6.07, 6.45) is 4.38. The first-order valence-corrected chi connectivity index (χ1v) is 13.0. The number of nitrogens with zero attached hydrogens (tertiary/aromatic N) is 4. The number of anilines is 3. The summed E-state index contributed by atoms with van der Waals surface area (Å²) in [6.45, 7) is 13.7. The lowest BCUT2D eigenvalue weighted by Gasteiger charge is -2.22. The minimum Gasteiger partial charge on any atom is -0.372 e. The van der Waals surface area contributed by atoms with Crippen LogP contribution < -0.4 is 14.8 Å². The molecule has 3 aromatic carbocycles. The predicted molar refractivity (Wildman–Crippen MR) is 153 cm³/mol. The topological polar surface area (TPSA) is 22.1 Å². The molecule has 4 nitrogen and oxygen atoms in total. The van der Waals surface area contributed by atoms with Crippen molar-refractivity contribution in [2.45, 2.75) is 33.6 Å². The molecule has 4 rings (SSSR count). The summed E-state index contributed by atoms with van der Waals surface area (Å²) in [5, 5.41) is 7.17. The van der Waals surface area contributed by atoms with Gasteiger partial charge in [0.1, 0.15) is 0 Å².